The molecule has 1 aromatic rings. The minimum Gasteiger partial charge on any atom is -0.344 e. The molecule has 0 saturated carbocycles. The first-order valence-corrected chi connectivity index (χ1v) is 14.1. The third-order valence-corrected chi connectivity index (χ3v) is 7.81. The lowest BCUT2D eigenvalue weighted by Gasteiger charge is -2.37. The lowest BCUT2D eigenvalue weighted by Crippen LogP contribution is -2.57. The number of nitrogens with one attached hydrogen (secondary N) is 2. The molecule has 0 aliphatic carbocycles. The standard InChI is InChI=1S/C31H45N5O4/c1-19(2)14-24(35(9)25(37)23(16-29(3,4)5)34-27(39)30(6,7)8)26(38)36-18-31(15-20(36)17-32)21-12-10-11-13-22(21)33-28(31)40/h10-13,19-20,23-24H,14-16,18H2,1-9H3,(H,33,40)(H,34,39)/t20-,23-,24-,31-/m0/s1. The lowest BCUT2D eigenvalue weighted by molar-refractivity contribution is -0.148. The first kappa shape index (κ1) is 31.1. The van der Waals surface area contributed by atoms with E-state index in [0.29, 0.717) is 18.5 Å². The zero-order valence-corrected chi connectivity index (χ0v) is 25.4. The van der Waals surface area contributed by atoms with E-state index in [0.717, 1.165) is 5.56 Å². The monoisotopic (exact) mass is 551 g/mol. The maximum absolute atomic E-state index is 14.2. The largest absolute Gasteiger partial charge is 0.344 e. The highest BCUT2D eigenvalue weighted by molar-refractivity contribution is 6.07. The summed E-state index contributed by atoms with van der Waals surface area (Å²) < 4.78 is 0. The molecule has 2 aliphatic heterocycles. The average molecular weight is 552 g/mol. The number of nitrogens with zero attached hydrogens (tertiary/aromatic N) is 3. The van der Waals surface area contributed by atoms with E-state index in [-0.39, 0.29) is 47.9 Å². The van der Waals surface area contributed by atoms with Gasteiger partial charge in [0.1, 0.15) is 18.1 Å². The SMILES string of the molecule is CC(C)C[C@@H](C(=O)N1C[C@]2(C[C@H]1C#N)C(=O)Nc1ccccc12)N(C)C(=O)[C@H](CC(C)(C)C)NC(=O)C(C)(C)C. The van der Waals surface area contributed by atoms with Crippen LogP contribution in [0.1, 0.15) is 80.2 Å². The molecule has 4 amide bonds. The van der Waals surface area contributed by atoms with Gasteiger partial charge < -0.3 is 20.4 Å². The molecule has 1 fully saturated rings. The first-order valence-electron chi connectivity index (χ1n) is 14.1. The van der Waals surface area contributed by atoms with E-state index in [4.69, 9.17) is 0 Å². The molecule has 2 aliphatic rings. The Bertz CT molecular complexity index is 1210. The second-order valence-electron chi connectivity index (χ2n) is 14.0. The summed E-state index contributed by atoms with van der Waals surface area (Å²) in [6, 6.07) is 7.13. The Kier molecular flexibility index (Phi) is 8.73. The summed E-state index contributed by atoms with van der Waals surface area (Å²) in [7, 11) is 1.59. The van der Waals surface area contributed by atoms with Crippen LogP contribution in [0, 0.1) is 28.1 Å². The summed E-state index contributed by atoms with van der Waals surface area (Å²) in [5, 5.41) is 15.9. The van der Waals surface area contributed by atoms with Crippen LogP contribution < -0.4 is 10.6 Å². The number of likely N-dealkylation sites (N-methyl/N-ethyl adjacent to an activating group) is 1. The van der Waals surface area contributed by atoms with Gasteiger partial charge in [0, 0.05) is 31.1 Å². The van der Waals surface area contributed by atoms with Gasteiger partial charge in [-0.1, -0.05) is 73.6 Å². The Hall–Kier alpha value is -3.41. The zero-order valence-electron chi connectivity index (χ0n) is 25.4. The number of rotatable bonds is 7. The molecule has 0 unspecified atom stereocenters. The van der Waals surface area contributed by atoms with Gasteiger partial charge in [0.15, 0.2) is 0 Å². The van der Waals surface area contributed by atoms with Gasteiger partial charge in [0.05, 0.1) is 11.5 Å². The maximum atomic E-state index is 14.2. The number of likely N-dealkylation sites (tertiary alicyclic amines) is 1. The number of carbonyl (C=O) groups excluding carboxylic acids is 4. The summed E-state index contributed by atoms with van der Waals surface area (Å²) in [5.74, 6) is -1.10. The molecular formula is C31H45N5O4. The van der Waals surface area contributed by atoms with Crippen molar-refractivity contribution in [3.05, 3.63) is 29.8 Å². The molecular weight excluding hydrogens is 506 g/mol. The highest BCUT2D eigenvalue weighted by atomic mass is 16.2. The summed E-state index contributed by atoms with van der Waals surface area (Å²) >= 11 is 0. The van der Waals surface area contributed by atoms with Crippen molar-refractivity contribution in [1.29, 1.82) is 5.26 Å². The molecule has 1 spiro atoms. The summed E-state index contributed by atoms with van der Waals surface area (Å²) in [6.45, 7) is 15.4. The van der Waals surface area contributed by atoms with Crippen LogP contribution in [0.15, 0.2) is 24.3 Å². The molecule has 9 heteroatoms. The number of anilines is 1. The van der Waals surface area contributed by atoms with Crippen molar-refractivity contribution in [3.8, 4) is 6.07 Å². The normalized spacial score (nSPS) is 22.0. The topological polar surface area (TPSA) is 123 Å². The highest BCUT2D eigenvalue weighted by Gasteiger charge is 2.56. The quantitative estimate of drug-likeness (QED) is 0.533. The molecule has 0 radical (unpaired) electrons. The molecule has 9 nitrogen and oxygen atoms in total. The van der Waals surface area contributed by atoms with Gasteiger partial charge >= 0.3 is 0 Å². The van der Waals surface area contributed by atoms with Crippen LogP contribution in [0.5, 0.6) is 0 Å². The second kappa shape index (κ2) is 11.2. The van der Waals surface area contributed by atoms with Crippen molar-refractivity contribution < 1.29 is 19.2 Å². The van der Waals surface area contributed by atoms with E-state index in [9.17, 15) is 24.4 Å². The van der Waals surface area contributed by atoms with Crippen molar-refractivity contribution >= 4 is 29.3 Å². The average Bonchev–Trinajstić information content (AvgIpc) is 3.37. The lowest BCUT2D eigenvalue weighted by atomic mass is 9.80. The van der Waals surface area contributed by atoms with Crippen molar-refractivity contribution in [3.63, 3.8) is 0 Å². The van der Waals surface area contributed by atoms with Crippen LogP contribution in [-0.2, 0) is 24.6 Å². The van der Waals surface area contributed by atoms with Crippen molar-refractivity contribution in [1.82, 2.24) is 15.1 Å². The second-order valence-corrected chi connectivity index (χ2v) is 14.0. The van der Waals surface area contributed by atoms with Crippen LogP contribution in [-0.4, -0.2) is 65.1 Å². The Balaban J connectivity index is 1.94. The van der Waals surface area contributed by atoms with Gasteiger partial charge in [0.25, 0.3) is 0 Å². The molecule has 40 heavy (non-hydrogen) atoms. The van der Waals surface area contributed by atoms with Crippen LogP contribution >= 0.6 is 0 Å². The molecule has 3 rings (SSSR count). The van der Waals surface area contributed by atoms with Crippen molar-refractivity contribution in [2.24, 2.45) is 16.7 Å². The number of carbonyl (C=O) groups is 4. The van der Waals surface area contributed by atoms with E-state index in [2.05, 4.69) is 16.7 Å². The predicted octanol–water partition coefficient (Wildman–Crippen LogP) is 3.84. The Labute approximate surface area is 238 Å². The van der Waals surface area contributed by atoms with Crippen LogP contribution in [0.4, 0.5) is 5.69 Å². The number of hydrogen-bond acceptors (Lipinski definition) is 5. The Morgan fingerprint density at radius 1 is 1.18 bits per heavy atom. The van der Waals surface area contributed by atoms with Gasteiger partial charge in [-0.2, -0.15) is 5.26 Å². The molecule has 1 aromatic carbocycles. The van der Waals surface area contributed by atoms with Gasteiger partial charge in [-0.05, 0) is 35.8 Å². The van der Waals surface area contributed by atoms with Crippen molar-refractivity contribution in [2.45, 2.75) is 98.2 Å². The number of amides is 4. The minimum atomic E-state index is -1.01. The first-order chi connectivity index (χ1) is 18.4. The van der Waals surface area contributed by atoms with Crippen LogP contribution in [0.2, 0.25) is 0 Å². The molecule has 2 heterocycles. The molecule has 0 aromatic heterocycles. The van der Waals surface area contributed by atoms with Crippen LogP contribution in [0.3, 0.4) is 0 Å². The van der Waals surface area contributed by atoms with E-state index in [1.54, 1.807) is 27.8 Å². The smallest absolute Gasteiger partial charge is 0.246 e. The minimum absolute atomic E-state index is 0.0652. The highest BCUT2D eigenvalue weighted by Crippen LogP contribution is 2.46. The van der Waals surface area contributed by atoms with Gasteiger partial charge in [-0.3, -0.25) is 19.2 Å². The van der Waals surface area contributed by atoms with E-state index >= 15 is 0 Å². The maximum Gasteiger partial charge on any atom is 0.246 e. The summed E-state index contributed by atoms with van der Waals surface area (Å²) in [6.07, 6.45) is 0.963. The molecule has 218 valence electrons. The third kappa shape index (κ3) is 6.32. The fourth-order valence-electron chi connectivity index (χ4n) is 5.64. The van der Waals surface area contributed by atoms with E-state index in [1.807, 2.05) is 58.9 Å². The number of fused-ring (bicyclic) bond motifs is 2. The zero-order chi connectivity index (χ0) is 30.2. The molecule has 2 N–H and O–H groups in total. The number of hydrogen-bond donors (Lipinski definition) is 2. The molecule has 4 atom stereocenters. The van der Waals surface area contributed by atoms with Crippen LogP contribution in [0.25, 0.3) is 0 Å². The van der Waals surface area contributed by atoms with E-state index in [1.165, 1.54) is 9.80 Å². The number of para-hydroxylation sites is 1. The molecule has 1 saturated heterocycles. The number of benzene rings is 1. The molecule has 0 bridgehead atoms. The van der Waals surface area contributed by atoms with E-state index < -0.39 is 29.0 Å². The summed E-state index contributed by atoms with van der Waals surface area (Å²) in [5.41, 5.74) is -0.475. The predicted molar refractivity (Wildman–Crippen MR) is 154 cm³/mol. The van der Waals surface area contributed by atoms with Gasteiger partial charge in [-0.25, -0.2) is 0 Å². The van der Waals surface area contributed by atoms with Gasteiger partial charge in [-0.15, -0.1) is 0 Å². The third-order valence-electron chi connectivity index (χ3n) is 7.81. The van der Waals surface area contributed by atoms with Gasteiger partial charge in [0.2, 0.25) is 23.6 Å². The fourth-order valence-corrected chi connectivity index (χ4v) is 5.64. The fraction of sp³-hybridized carbons (Fsp3) is 0.645. The van der Waals surface area contributed by atoms with Crippen molar-refractivity contribution in [2.75, 3.05) is 18.9 Å². The Morgan fingerprint density at radius 3 is 2.35 bits per heavy atom. The summed E-state index contributed by atoms with van der Waals surface area (Å²) in [4.78, 5) is 57.2. The number of nitriles is 1. The Morgan fingerprint density at radius 2 is 1.80 bits per heavy atom.